The third kappa shape index (κ3) is 4.20. The first-order chi connectivity index (χ1) is 10.5. The number of hydrogen-bond acceptors (Lipinski definition) is 4. The zero-order valence-corrected chi connectivity index (χ0v) is 12.1. The minimum absolute atomic E-state index is 0.189. The van der Waals surface area contributed by atoms with Gasteiger partial charge in [-0.05, 0) is 25.1 Å². The van der Waals surface area contributed by atoms with Crippen molar-refractivity contribution in [1.82, 2.24) is 5.32 Å². The van der Waals surface area contributed by atoms with Crippen LogP contribution in [0.4, 0.5) is 0 Å². The topological polar surface area (TPSA) is 95.9 Å². The van der Waals surface area contributed by atoms with Gasteiger partial charge >= 0.3 is 11.9 Å². The highest BCUT2D eigenvalue weighted by atomic mass is 16.5. The van der Waals surface area contributed by atoms with Gasteiger partial charge in [-0.25, -0.2) is 9.59 Å². The van der Waals surface area contributed by atoms with Crippen molar-refractivity contribution >= 4 is 11.9 Å². The summed E-state index contributed by atoms with van der Waals surface area (Å²) in [4.78, 5) is 22.0. The normalized spacial score (nSPS) is 18.5. The van der Waals surface area contributed by atoms with Crippen molar-refractivity contribution in [3.8, 4) is 5.75 Å². The average molecular weight is 303 g/mol. The number of carboxylic acids is 2. The van der Waals surface area contributed by atoms with Crippen LogP contribution in [-0.4, -0.2) is 34.7 Å². The first kappa shape index (κ1) is 15.8. The quantitative estimate of drug-likeness (QED) is 0.717. The second-order valence-electron chi connectivity index (χ2n) is 4.99. The van der Waals surface area contributed by atoms with Gasteiger partial charge in [-0.3, -0.25) is 0 Å². The molecule has 1 aromatic carbocycles. The van der Waals surface area contributed by atoms with Gasteiger partial charge in [0.05, 0.1) is 5.57 Å². The molecule has 0 bridgehead atoms. The van der Waals surface area contributed by atoms with Crippen LogP contribution >= 0.6 is 0 Å². The Kier molecular flexibility index (Phi) is 4.95. The van der Waals surface area contributed by atoms with Crippen molar-refractivity contribution in [3.05, 3.63) is 53.3 Å². The van der Waals surface area contributed by atoms with Gasteiger partial charge in [0.25, 0.3) is 0 Å². The number of carbonyl (C=O) groups is 2. The van der Waals surface area contributed by atoms with Crippen LogP contribution in [-0.2, 0) is 9.59 Å². The van der Waals surface area contributed by atoms with E-state index in [1.807, 2.05) is 37.3 Å². The molecular formula is C16H17NO5. The van der Waals surface area contributed by atoms with E-state index in [2.05, 4.69) is 5.32 Å². The van der Waals surface area contributed by atoms with Gasteiger partial charge in [0.1, 0.15) is 11.5 Å². The largest absolute Gasteiger partial charge is 0.478 e. The molecule has 3 N–H and O–H groups in total. The molecule has 0 spiro atoms. The molecule has 1 aliphatic rings. The molecule has 0 aliphatic carbocycles. The number of aryl methyl sites for hydroxylation is 1. The number of benzene rings is 1. The lowest BCUT2D eigenvalue weighted by Crippen LogP contribution is -2.38. The van der Waals surface area contributed by atoms with E-state index >= 15 is 0 Å². The fourth-order valence-electron chi connectivity index (χ4n) is 2.18. The SMILES string of the molecule is Cc1ccc(OC2=CCNC(C(=CC(=O)O)C(=O)O)C2)cc1. The molecule has 1 unspecified atom stereocenters. The molecule has 116 valence electrons. The number of aliphatic carboxylic acids is 2. The van der Waals surface area contributed by atoms with Crippen molar-refractivity contribution in [2.24, 2.45) is 0 Å². The van der Waals surface area contributed by atoms with Gasteiger partial charge in [0.15, 0.2) is 0 Å². The summed E-state index contributed by atoms with van der Waals surface area (Å²) in [5.74, 6) is -1.26. The molecule has 0 aromatic heterocycles. The van der Waals surface area contributed by atoms with E-state index in [4.69, 9.17) is 14.9 Å². The zero-order valence-electron chi connectivity index (χ0n) is 12.1. The van der Waals surface area contributed by atoms with E-state index in [1.54, 1.807) is 0 Å². The molecule has 1 atom stereocenters. The molecule has 0 amide bonds. The standard InChI is InChI=1S/C16H17NO5/c1-10-2-4-11(5-3-10)22-12-6-7-17-14(8-12)13(16(20)21)9-15(18)19/h2-6,9,14,17H,7-8H2,1H3,(H,18,19)(H,20,21). The molecule has 1 heterocycles. The maximum Gasteiger partial charge on any atom is 0.333 e. The van der Waals surface area contributed by atoms with Crippen molar-refractivity contribution < 1.29 is 24.5 Å². The molecule has 1 aliphatic heterocycles. The van der Waals surface area contributed by atoms with E-state index in [1.165, 1.54) is 0 Å². The van der Waals surface area contributed by atoms with Crippen LogP contribution in [0.25, 0.3) is 0 Å². The fourth-order valence-corrected chi connectivity index (χ4v) is 2.18. The first-order valence-corrected chi connectivity index (χ1v) is 6.80. The summed E-state index contributed by atoms with van der Waals surface area (Å²) >= 11 is 0. The lowest BCUT2D eigenvalue weighted by molar-refractivity contribution is -0.135. The van der Waals surface area contributed by atoms with Crippen LogP contribution in [0.1, 0.15) is 12.0 Å². The lowest BCUT2D eigenvalue weighted by Gasteiger charge is -2.24. The maximum absolute atomic E-state index is 11.2. The molecule has 0 fully saturated rings. The monoisotopic (exact) mass is 303 g/mol. The van der Waals surface area contributed by atoms with Crippen LogP contribution in [0, 0.1) is 6.92 Å². The maximum atomic E-state index is 11.2. The Morgan fingerprint density at radius 3 is 2.55 bits per heavy atom. The predicted octanol–water partition coefficient (Wildman–Crippen LogP) is 1.72. The molecule has 6 heteroatoms. The molecular weight excluding hydrogens is 286 g/mol. The number of ether oxygens (including phenoxy) is 1. The first-order valence-electron chi connectivity index (χ1n) is 6.80. The number of carboxylic acid groups (broad SMARTS) is 2. The van der Waals surface area contributed by atoms with E-state index < -0.39 is 18.0 Å². The Labute approximate surface area is 127 Å². The summed E-state index contributed by atoms with van der Waals surface area (Å²) in [7, 11) is 0. The number of hydrogen-bond donors (Lipinski definition) is 3. The second-order valence-corrected chi connectivity index (χ2v) is 4.99. The summed E-state index contributed by atoms with van der Waals surface area (Å²) in [6.07, 6.45) is 2.81. The molecule has 6 nitrogen and oxygen atoms in total. The van der Waals surface area contributed by atoms with E-state index in [0.29, 0.717) is 18.1 Å². The van der Waals surface area contributed by atoms with Gasteiger partial charge in [-0.15, -0.1) is 0 Å². The molecule has 1 aromatic rings. The highest BCUT2D eigenvalue weighted by Crippen LogP contribution is 2.21. The van der Waals surface area contributed by atoms with Crippen molar-refractivity contribution in [2.45, 2.75) is 19.4 Å². The van der Waals surface area contributed by atoms with Gasteiger partial charge in [-0.1, -0.05) is 17.7 Å². The summed E-state index contributed by atoms with van der Waals surface area (Å²) in [6, 6.07) is 6.90. The van der Waals surface area contributed by atoms with Gasteiger partial charge in [0.2, 0.25) is 0 Å². The third-order valence-corrected chi connectivity index (χ3v) is 3.27. The van der Waals surface area contributed by atoms with Crippen LogP contribution in [0.2, 0.25) is 0 Å². The summed E-state index contributed by atoms with van der Waals surface area (Å²) in [5.41, 5.74) is 0.924. The molecule has 2 rings (SSSR count). The Morgan fingerprint density at radius 2 is 1.95 bits per heavy atom. The minimum atomic E-state index is -1.28. The van der Waals surface area contributed by atoms with E-state index in [-0.39, 0.29) is 12.0 Å². The Hall–Kier alpha value is -2.60. The van der Waals surface area contributed by atoms with Gasteiger partial charge in [0, 0.05) is 25.1 Å². The zero-order chi connectivity index (χ0) is 16.1. The smallest absolute Gasteiger partial charge is 0.333 e. The number of rotatable bonds is 5. The summed E-state index contributed by atoms with van der Waals surface area (Å²) in [6.45, 7) is 2.38. The van der Waals surface area contributed by atoms with Crippen LogP contribution in [0.15, 0.2) is 47.7 Å². The van der Waals surface area contributed by atoms with Crippen LogP contribution in [0.3, 0.4) is 0 Å². The van der Waals surface area contributed by atoms with E-state index in [9.17, 15) is 9.59 Å². The lowest BCUT2D eigenvalue weighted by atomic mass is 9.99. The molecule has 0 saturated carbocycles. The fraction of sp³-hybridized carbons (Fsp3) is 0.250. The molecule has 22 heavy (non-hydrogen) atoms. The van der Waals surface area contributed by atoms with Crippen molar-refractivity contribution in [3.63, 3.8) is 0 Å². The Bertz CT molecular complexity index is 630. The second kappa shape index (κ2) is 6.91. The molecule has 0 saturated heterocycles. The van der Waals surface area contributed by atoms with E-state index in [0.717, 1.165) is 11.6 Å². The highest BCUT2D eigenvalue weighted by molar-refractivity contribution is 5.95. The Morgan fingerprint density at radius 1 is 1.27 bits per heavy atom. The van der Waals surface area contributed by atoms with Gasteiger partial charge < -0.3 is 20.3 Å². The summed E-state index contributed by atoms with van der Waals surface area (Å²) in [5, 5.41) is 20.9. The van der Waals surface area contributed by atoms with Gasteiger partial charge in [-0.2, -0.15) is 0 Å². The average Bonchev–Trinajstić information content (AvgIpc) is 2.47. The predicted molar refractivity (Wildman–Crippen MR) is 79.7 cm³/mol. The minimum Gasteiger partial charge on any atom is -0.478 e. The third-order valence-electron chi connectivity index (χ3n) is 3.27. The highest BCUT2D eigenvalue weighted by Gasteiger charge is 2.25. The van der Waals surface area contributed by atoms with Crippen LogP contribution in [0.5, 0.6) is 5.75 Å². The van der Waals surface area contributed by atoms with Crippen LogP contribution < -0.4 is 10.1 Å². The Balaban J connectivity index is 2.10. The summed E-state index contributed by atoms with van der Waals surface area (Å²) < 4.78 is 5.73. The van der Waals surface area contributed by atoms with Crippen molar-refractivity contribution in [2.75, 3.05) is 6.54 Å². The number of nitrogens with one attached hydrogen (secondary N) is 1. The molecule has 0 radical (unpaired) electrons. The van der Waals surface area contributed by atoms with Crippen molar-refractivity contribution in [1.29, 1.82) is 0 Å².